The molecule has 2 N–H and O–H groups in total. The lowest BCUT2D eigenvalue weighted by Gasteiger charge is -2.36. The highest BCUT2D eigenvalue weighted by atomic mass is 15.2. The van der Waals surface area contributed by atoms with Crippen molar-refractivity contribution < 1.29 is 0 Å². The zero-order chi connectivity index (χ0) is 18.6. The minimum absolute atomic E-state index is 0.590. The van der Waals surface area contributed by atoms with E-state index in [4.69, 9.17) is 9.97 Å². The van der Waals surface area contributed by atoms with Crippen LogP contribution < -0.4 is 10.2 Å². The number of nitrogens with zero attached hydrogens (tertiary/aromatic N) is 3. The summed E-state index contributed by atoms with van der Waals surface area (Å²) in [6.07, 6.45) is 9.02. The van der Waals surface area contributed by atoms with Gasteiger partial charge in [0, 0.05) is 47.1 Å². The Morgan fingerprint density at radius 1 is 1.15 bits per heavy atom. The first kappa shape index (κ1) is 17.8. The van der Waals surface area contributed by atoms with E-state index in [2.05, 4.69) is 59.4 Å². The van der Waals surface area contributed by atoms with E-state index in [1.807, 2.05) is 6.20 Å². The Labute approximate surface area is 161 Å². The van der Waals surface area contributed by atoms with E-state index in [1.165, 1.54) is 31.1 Å². The monoisotopic (exact) mass is 363 g/mol. The number of aromatic nitrogens is 3. The molecule has 0 bridgehead atoms. The van der Waals surface area contributed by atoms with Crippen LogP contribution in [0.4, 0.5) is 17.5 Å². The highest BCUT2D eigenvalue weighted by Gasteiger charge is 2.23. The van der Waals surface area contributed by atoms with E-state index in [0.717, 1.165) is 42.1 Å². The van der Waals surface area contributed by atoms with Gasteiger partial charge in [0.2, 0.25) is 5.95 Å². The molecule has 1 aliphatic rings. The Morgan fingerprint density at radius 2 is 2.07 bits per heavy atom. The quantitative estimate of drug-likeness (QED) is 0.614. The number of rotatable bonds is 6. The first-order chi connectivity index (χ1) is 13.3. The van der Waals surface area contributed by atoms with Gasteiger partial charge in [0.25, 0.3) is 0 Å². The van der Waals surface area contributed by atoms with Gasteiger partial charge in [-0.25, -0.2) is 4.98 Å². The number of fused-ring (bicyclic) bond motifs is 1. The number of hydrogen-bond acceptors (Lipinski definition) is 4. The highest BCUT2D eigenvalue weighted by molar-refractivity contribution is 5.83. The summed E-state index contributed by atoms with van der Waals surface area (Å²) in [6.45, 7) is 5.57. The van der Waals surface area contributed by atoms with Crippen LogP contribution in [0.3, 0.4) is 0 Å². The average molecular weight is 364 g/mol. The van der Waals surface area contributed by atoms with E-state index < -0.39 is 0 Å². The van der Waals surface area contributed by atoms with Crippen LogP contribution in [0.15, 0.2) is 36.5 Å². The number of benzene rings is 1. The van der Waals surface area contributed by atoms with E-state index in [-0.39, 0.29) is 0 Å². The minimum atomic E-state index is 0.590. The van der Waals surface area contributed by atoms with Crippen LogP contribution in [0.25, 0.3) is 10.9 Å². The molecule has 3 aromatic rings. The lowest BCUT2D eigenvalue weighted by atomic mass is 10.00. The van der Waals surface area contributed by atoms with Gasteiger partial charge in [-0.3, -0.25) is 0 Å². The predicted molar refractivity (Wildman–Crippen MR) is 113 cm³/mol. The lowest BCUT2D eigenvalue weighted by Crippen LogP contribution is -2.39. The number of hydrogen-bond donors (Lipinski definition) is 2. The van der Waals surface area contributed by atoms with Crippen molar-refractivity contribution in [2.75, 3.05) is 16.8 Å². The number of nitrogens with one attached hydrogen (secondary N) is 2. The second-order valence-corrected chi connectivity index (χ2v) is 7.45. The summed E-state index contributed by atoms with van der Waals surface area (Å²) >= 11 is 0. The van der Waals surface area contributed by atoms with Crippen molar-refractivity contribution in [3.8, 4) is 0 Å². The van der Waals surface area contributed by atoms with E-state index >= 15 is 0 Å². The van der Waals surface area contributed by atoms with Gasteiger partial charge in [-0.1, -0.05) is 20.3 Å². The summed E-state index contributed by atoms with van der Waals surface area (Å²) in [5.74, 6) is 1.77. The predicted octanol–water partition coefficient (Wildman–Crippen LogP) is 5.42. The summed E-state index contributed by atoms with van der Waals surface area (Å²) in [5, 5.41) is 4.62. The molecule has 1 aromatic carbocycles. The maximum atomic E-state index is 4.90. The largest absolute Gasteiger partial charge is 0.361 e. The topological polar surface area (TPSA) is 56.8 Å². The van der Waals surface area contributed by atoms with Gasteiger partial charge >= 0.3 is 0 Å². The number of aromatic amines is 1. The van der Waals surface area contributed by atoms with Crippen LogP contribution in [-0.2, 0) is 6.42 Å². The fraction of sp³-hybridized carbons (Fsp3) is 0.455. The molecule has 1 fully saturated rings. The Bertz CT molecular complexity index is 901. The highest BCUT2D eigenvalue weighted by Crippen LogP contribution is 2.28. The molecule has 4 rings (SSSR count). The van der Waals surface area contributed by atoms with Gasteiger partial charge < -0.3 is 15.2 Å². The Hall–Kier alpha value is -2.56. The standard InChI is InChI=1S/C22H29N5/c1-3-7-17-15-21(27-13-6-5-8-19(27)4-2)26-22(24-17)25-18-9-10-20-16(14-18)11-12-23-20/h9-12,14-15,19,23H,3-8,13H2,1-2H3,(H,24,25,26). The molecule has 2 aromatic heterocycles. The third-order valence-corrected chi connectivity index (χ3v) is 5.47. The molecule has 1 unspecified atom stereocenters. The third-order valence-electron chi connectivity index (χ3n) is 5.47. The summed E-state index contributed by atoms with van der Waals surface area (Å²) < 4.78 is 0. The number of aryl methyl sites for hydroxylation is 1. The van der Waals surface area contributed by atoms with Crippen LogP contribution in [0.1, 0.15) is 51.6 Å². The van der Waals surface area contributed by atoms with Crippen LogP contribution in [0.5, 0.6) is 0 Å². The molecule has 5 nitrogen and oxygen atoms in total. The third kappa shape index (κ3) is 3.92. The summed E-state index contributed by atoms with van der Waals surface area (Å²) in [6, 6.07) is 11.2. The van der Waals surface area contributed by atoms with E-state index in [1.54, 1.807) is 0 Å². The molecule has 0 saturated carbocycles. The minimum Gasteiger partial charge on any atom is -0.361 e. The van der Waals surface area contributed by atoms with Gasteiger partial charge in [0.15, 0.2) is 0 Å². The Balaban J connectivity index is 1.65. The van der Waals surface area contributed by atoms with Gasteiger partial charge in [0.05, 0.1) is 0 Å². The molecular weight excluding hydrogens is 334 g/mol. The van der Waals surface area contributed by atoms with Crippen molar-refractivity contribution >= 4 is 28.4 Å². The fourth-order valence-corrected chi connectivity index (χ4v) is 4.06. The van der Waals surface area contributed by atoms with Gasteiger partial charge in [0.1, 0.15) is 5.82 Å². The lowest BCUT2D eigenvalue weighted by molar-refractivity contribution is 0.446. The second-order valence-electron chi connectivity index (χ2n) is 7.45. The Kier molecular flexibility index (Phi) is 5.28. The van der Waals surface area contributed by atoms with Gasteiger partial charge in [-0.15, -0.1) is 0 Å². The van der Waals surface area contributed by atoms with Gasteiger partial charge in [-0.2, -0.15) is 4.98 Å². The van der Waals surface area contributed by atoms with Crippen LogP contribution in [0.2, 0.25) is 0 Å². The van der Waals surface area contributed by atoms with Crippen molar-refractivity contribution in [2.24, 2.45) is 0 Å². The van der Waals surface area contributed by atoms with Crippen molar-refractivity contribution in [1.29, 1.82) is 0 Å². The van der Waals surface area contributed by atoms with Crippen molar-refractivity contribution in [3.63, 3.8) is 0 Å². The molecule has 5 heteroatoms. The Morgan fingerprint density at radius 3 is 2.93 bits per heavy atom. The molecule has 0 amide bonds. The molecule has 3 heterocycles. The average Bonchev–Trinajstić information content (AvgIpc) is 3.16. The van der Waals surface area contributed by atoms with Crippen molar-refractivity contribution in [2.45, 2.75) is 58.4 Å². The molecule has 142 valence electrons. The molecule has 1 aliphatic heterocycles. The van der Waals surface area contributed by atoms with Gasteiger partial charge in [-0.05, 0) is 56.4 Å². The number of H-pyrrole nitrogens is 1. The zero-order valence-corrected chi connectivity index (χ0v) is 16.3. The van der Waals surface area contributed by atoms with Crippen LogP contribution >= 0.6 is 0 Å². The first-order valence-electron chi connectivity index (χ1n) is 10.3. The molecular formula is C22H29N5. The zero-order valence-electron chi connectivity index (χ0n) is 16.3. The summed E-state index contributed by atoms with van der Waals surface area (Å²) in [5.41, 5.74) is 3.28. The van der Waals surface area contributed by atoms with Crippen LogP contribution in [0, 0.1) is 0 Å². The molecule has 0 spiro atoms. The molecule has 1 saturated heterocycles. The molecule has 0 aliphatic carbocycles. The van der Waals surface area contributed by atoms with E-state index in [9.17, 15) is 0 Å². The number of piperidine rings is 1. The summed E-state index contributed by atoms with van der Waals surface area (Å²) in [7, 11) is 0. The van der Waals surface area contributed by atoms with E-state index in [0.29, 0.717) is 12.0 Å². The summed E-state index contributed by atoms with van der Waals surface area (Å²) in [4.78, 5) is 15.4. The first-order valence-corrected chi connectivity index (χ1v) is 10.3. The second kappa shape index (κ2) is 7.99. The molecule has 1 atom stereocenters. The molecule has 0 radical (unpaired) electrons. The number of anilines is 3. The maximum Gasteiger partial charge on any atom is 0.229 e. The fourth-order valence-electron chi connectivity index (χ4n) is 4.06. The SMILES string of the molecule is CCCc1cc(N2CCCCC2CC)nc(Nc2ccc3[nH]ccc3c2)n1. The van der Waals surface area contributed by atoms with Crippen molar-refractivity contribution in [1.82, 2.24) is 15.0 Å². The molecule has 27 heavy (non-hydrogen) atoms. The smallest absolute Gasteiger partial charge is 0.229 e. The maximum absolute atomic E-state index is 4.90. The van der Waals surface area contributed by atoms with Crippen molar-refractivity contribution in [3.05, 3.63) is 42.2 Å². The van der Waals surface area contributed by atoms with Crippen LogP contribution in [-0.4, -0.2) is 27.5 Å². The normalized spacial score (nSPS) is 17.4.